The summed E-state index contributed by atoms with van der Waals surface area (Å²) in [6.07, 6.45) is 3.39. The van der Waals surface area contributed by atoms with Crippen molar-refractivity contribution < 1.29 is 9.59 Å². The summed E-state index contributed by atoms with van der Waals surface area (Å²) in [5, 5.41) is 10.0. The lowest BCUT2D eigenvalue weighted by Crippen LogP contribution is -2.36. The molecule has 130 valence electrons. The van der Waals surface area contributed by atoms with E-state index in [0.29, 0.717) is 16.7 Å². The first-order valence-corrected chi connectivity index (χ1v) is 9.70. The van der Waals surface area contributed by atoms with E-state index >= 15 is 0 Å². The summed E-state index contributed by atoms with van der Waals surface area (Å²) in [7, 11) is 0. The molecular weight excluding hydrogens is 346 g/mol. The summed E-state index contributed by atoms with van der Waals surface area (Å²) in [6, 6.07) is 5.92. The Bertz CT molecular complexity index is 640. The molecule has 5 nitrogen and oxygen atoms in total. The van der Waals surface area contributed by atoms with Crippen LogP contribution in [0.2, 0.25) is 5.02 Å². The average Bonchev–Trinajstić information content (AvgIpc) is 3.06. The lowest BCUT2D eigenvalue weighted by molar-refractivity contribution is -0.116. The van der Waals surface area contributed by atoms with Gasteiger partial charge in [-0.15, -0.1) is 0 Å². The monoisotopic (exact) mass is 367 g/mol. The summed E-state index contributed by atoms with van der Waals surface area (Å²) >= 11 is 7.83. The van der Waals surface area contributed by atoms with Crippen LogP contribution in [-0.4, -0.2) is 35.0 Å². The highest BCUT2D eigenvalue weighted by atomic mass is 35.5. The molecule has 2 heterocycles. The van der Waals surface area contributed by atoms with Gasteiger partial charge in [0.25, 0.3) is 0 Å². The predicted octanol–water partition coefficient (Wildman–Crippen LogP) is 3.31. The molecule has 0 radical (unpaired) electrons. The molecule has 0 spiro atoms. The highest BCUT2D eigenvalue weighted by molar-refractivity contribution is 8.00. The van der Waals surface area contributed by atoms with Gasteiger partial charge < -0.3 is 16.0 Å². The lowest BCUT2D eigenvalue weighted by atomic mass is 10.0. The van der Waals surface area contributed by atoms with Gasteiger partial charge in [-0.2, -0.15) is 11.8 Å². The van der Waals surface area contributed by atoms with Crippen LogP contribution in [0.3, 0.4) is 0 Å². The number of halogens is 1. The van der Waals surface area contributed by atoms with Crippen molar-refractivity contribution in [3.05, 3.63) is 28.8 Å². The molecule has 7 heteroatoms. The Morgan fingerprint density at radius 1 is 1.38 bits per heavy atom. The molecule has 0 unspecified atom stereocenters. The lowest BCUT2D eigenvalue weighted by Gasteiger charge is -2.16. The van der Waals surface area contributed by atoms with Gasteiger partial charge in [0.15, 0.2) is 0 Å². The van der Waals surface area contributed by atoms with Gasteiger partial charge >= 0.3 is 6.03 Å². The molecule has 1 aromatic carbocycles. The maximum Gasteiger partial charge on any atom is 0.315 e. The quantitative estimate of drug-likeness (QED) is 0.533. The van der Waals surface area contributed by atoms with Gasteiger partial charge in [-0.3, -0.25) is 4.79 Å². The van der Waals surface area contributed by atoms with Crippen LogP contribution in [0.25, 0.3) is 0 Å². The molecule has 2 saturated heterocycles. The zero-order chi connectivity index (χ0) is 17.1. The minimum Gasteiger partial charge on any atom is -0.332 e. The Hall–Kier alpha value is -1.40. The molecule has 0 saturated carbocycles. The van der Waals surface area contributed by atoms with Gasteiger partial charge in [0.2, 0.25) is 5.91 Å². The molecule has 2 fully saturated rings. The number of aryl methyl sites for hydroxylation is 1. The molecule has 3 amide bonds. The number of amides is 3. The highest BCUT2D eigenvalue weighted by Gasteiger charge is 2.42. The summed E-state index contributed by atoms with van der Waals surface area (Å²) in [6.45, 7) is 1.93. The fourth-order valence-electron chi connectivity index (χ4n) is 3.25. The van der Waals surface area contributed by atoms with Crippen molar-refractivity contribution >= 4 is 41.0 Å². The van der Waals surface area contributed by atoms with E-state index < -0.39 is 0 Å². The second-order valence-corrected chi connectivity index (χ2v) is 8.08. The average molecular weight is 368 g/mol. The van der Waals surface area contributed by atoms with Gasteiger partial charge in [-0.25, -0.2) is 4.79 Å². The number of nitrogens with one attached hydrogen (secondary N) is 3. The van der Waals surface area contributed by atoms with E-state index in [2.05, 4.69) is 16.0 Å². The number of anilines is 1. The SMILES string of the molecule is Cc1cc(Cl)ccc1NC(=O)CCCC[C@@H]1SC[C@@H]2NC(=O)N[C@@H]21. The van der Waals surface area contributed by atoms with Crippen molar-refractivity contribution in [3.8, 4) is 0 Å². The van der Waals surface area contributed by atoms with Crippen LogP contribution < -0.4 is 16.0 Å². The Labute approximate surface area is 151 Å². The number of thioether (sulfide) groups is 1. The third kappa shape index (κ3) is 4.16. The van der Waals surface area contributed by atoms with E-state index in [1.807, 2.05) is 30.8 Å². The first kappa shape index (κ1) is 17.4. The van der Waals surface area contributed by atoms with Crippen LogP contribution >= 0.6 is 23.4 Å². The molecule has 0 aliphatic carbocycles. The molecule has 0 aromatic heterocycles. The van der Waals surface area contributed by atoms with E-state index in [-0.39, 0.29) is 24.0 Å². The van der Waals surface area contributed by atoms with Crippen LogP contribution in [-0.2, 0) is 4.79 Å². The molecule has 3 atom stereocenters. The minimum atomic E-state index is -0.0481. The number of carbonyl (C=O) groups excluding carboxylic acids is 2. The van der Waals surface area contributed by atoms with Gasteiger partial charge in [-0.1, -0.05) is 18.0 Å². The number of unbranched alkanes of at least 4 members (excludes halogenated alkanes) is 1. The van der Waals surface area contributed by atoms with E-state index in [9.17, 15) is 9.59 Å². The first-order chi connectivity index (χ1) is 11.5. The second-order valence-electron chi connectivity index (χ2n) is 6.38. The fourth-order valence-corrected chi connectivity index (χ4v) is 5.02. The Morgan fingerprint density at radius 2 is 2.21 bits per heavy atom. The summed E-state index contributed by atoms with van der Waals surface area (Å²) < 4.78 is 0. The molecule has 24 heavy (non-hydrogen) atoms. The van der Waals surface area contributed by atoms with Crippen molar-refractivity contribution in [2.24, 2.45) is 0 Å². The number of urea groups is 1. The van der Waals surface area contributed by atoms with E-state index in [1.165, 1.54) is 0 Å². The molecule has 3 rings (SSSR count). The fraction of sp³-hybridized carbons (Fsp3) is 0.529. The molecular formula is C17H22ClN3O2S. The number of fused-ring (bicyclic) bond motifs is 1. The van der Waals surface area contributed by atoms with Crippen molar-refractivity contribution in [2.45, 2.75) is 49.9 Å². The topological polar surface area (TPSA) is 70.2 Å². The summed E-state index contributed by atoms with van der Waals surface area (Å²) in [5.41, 5.74) is 1.78. The minimum absolute atomic E-state index is 0.0354. The number of rotatable bonds is 6. The summed E-state index contributed by atoms with van der Waals surface area (Å²) in [5.74, 6) is 1.01. The van der Waals surface area contributed by atoms with Crippen LogP contribution in [0, 0.1) is 6.92 Å². The van der Waals surface area contributed by atoms with E-state index in [4.69, 9.17) is 11.6 Å². The normalized spacial score (nSPS) is 25.1. The molecule has 2 aliphatic rings. The maximum absolute atomic E-state index is 12.1. The summed E-state index contributed by atoms with van der Waals surface area (Å²) in [4.78, 5) is 23.4. The first-order valence-electron chi connectivity index (χ1n) is 8.27. The molecule has 0 bridgehead atoms. The van der Waals surface area contributed by atoms with Gasteiger partial charge in [0, 0.05) is 28.1 Å². The Balaban J connectivity index is 1.37. The number of hydrogen-bond donors (Lipinski definition) is 3. The number of benzene rings is 1. The maximum atomic E-state index is 12.1. The largest absolute Gasteiger partial charge is 0.332 e. The van der Waals surface area contributed by atoms with Crippen LogP contribution in [0.15, 0.2) is 18.2 Å². The highest BCUT2D eigenvalue weighted by Crippen LogP contribution is 2.33. The van der Waals surface area contributed by atoms with Crippen LogP contribution in [0.5, 0.6) is 0 Å². The predicted molar refractivity (Wildman–Crippen MR) is 98.8 cm³/mol. The smallest absolute Gasteiger partial charge is 0.315 e. The second kappa shape index (κ2) is 7.66. The van der Waals surface area contributed by atoms with Gasteiger partial charge in [0.1, 0.15) is 0 Å². The van der Waals surface area contributed by atoms with Crippen molar-refractivity contribution in [2.75, 3.05) is 11.1 Å². The third-order valence-electron chi connectivity index (χ3n) is 4.54. The van der Waals surface area contributed by atoms with Gasteiger partial charge in [0.05, 0.1) is 12.1 Å². The van der Waals surface area contributed by atoms with E-state index in [0.717, 1.165) is 36.3 Å². The zero-order valence-corrected chi connectivity index (χ0v) is 15.2. The zero-order valence-electron chi connectivity index (χ0n) is 13.6. The third-order valence-corrected chi connectivity index (χ3v) is 6.29. The van der Waals surface area contributed by atoms with Crippen molar-refractivity contribution in [1.82, 2.24) is 10.6 Å². The Kier molecular flexibility index (Phi) is 5.56. The van der Waals surface area contributed by atoms with Gasteiger partial charge in [-0.05, 0) is 43.5 Å². The van der Waals surface area contributed by atoms with Crippen molar-refractivity contribution in [3.63, 3.8) is 0 Å². The molecule has 3 N–H and O–H groups in total. The standard InChI is InChI=1S/C17H22ClN3O2S/c1-10-8-11(18)6-7-12(10)19-15(22)5-3-2-4-14-16-13(9-24-14)20-17(23)21-16/h6-8,13-14,16H,2-5,9H2,1H3,(H,19,22)(H2,20,21,23)/t13-,14-,16-/m0/s1. The number of carbonyl (C=O) groups is 2. The Morgan fingerprint density at radius 3 is 3.00 bits per heavy atom. The molecule has 1 aromatic rings. The van der Waals surface area contributed by atoms with E-state index in [1.54, 1.807) is 6.07 Å². The van der Waals surface area contributed by atoms with Crippen molar-refractivity contribution in [1.29, 1.82) is 0 Å². The number of hydrogen-bond acceptors (Lipinski definition) is 3. The molecule has 2 aliphatic heterocycles. The van der Waals surface area contributed by atoms with Crippen LogP contribution in [0.4, 0.5) is 10.5 Å². The van der Waals surface area contributed by atoms with Crippen LogP contribution in [0.1, 0.15) is 31.2 Å².